The van der Waals surface area contributed by atoms with Crippen molar-refractivity contribution in [1.82, 2.24) is 10.2 Å². The van der Waals surface area contributed by atoms with E-state index in [0.717, 1.165) is 45.1 Å². The van der Waals surface area contributed by atoms with Gasteiger partial charge in [-0.2, -0.15) is 0 Å². The van der Waals surface area contributed by atoms with Gasteiger partial charge in [-0.15, -0.1) is 24.0 Å². The van der Waals surface area contributed by atoms with Crippen LogP contribution in [0.15, 0.2) is 29.3 Å². The predicted molar refractivity (Wildman–Crippen MR) is 113 cm³/mol. The molecule has 1 aromatic carbocycles. The molecule has 1 fully saturated rings. The number of guanidine groups is 1. The molecule has 0 radical (unpaired) electrons. The van der Waals surface area contributed by atoms with E-state index in [-0.39, 0.29) is 30.6 Å². The number of hydrogen-bond acceptors (Lipinski definition) is 4. The first-order valence-corrected chi connectivity index (χ1v) is 8.58. The van der Waals surface area contributed by atoms with E-state index < -0.39 is 5.91 Å². The maximum atomic E-state index is 10.7. The molecule has 1 unspecified atom stereocenters. The van der Waals surface area contributed by atoms with Crippen molar-refractivity contribution < 1.29 is 14.3 Å². The van der Waals surface area contributed by atoms with Gasteiger partial charge in [-0.25, -0.2) is 0 Å². The first-order valence-electron chi connectivity index (χ1n) is 8.58. The number of nitrogens with two attached hydrogens (primary N) is 1. The summed E-state index contributed by atoms with van der Waals surface area (Å²) in [5.41, 5.74) is 6.24. The fourth-order valence-electron chi connectivity index (χ4n) is 2.81. The Morgan fingerprint density at radius 1 is 1.42 bits per heavy atom. The van der Waals surface area contributed by atoms with E-state index in [1.54, 1.807) is 7.05 Å². The SMILES string of the molecule is CN=C(NCCc1ccc(OCC(N)=O)cc1)N(C)CC1CCOC1.I. The van der Waals surface area contributed by atoms with E-state index in [1.807, 2.05) is 24.3 Å². The van der Waals surface area contributed by atoms with E-state index in [9.17, 15) is 4.79 Å². The highest BCUT2D eigenvalue weighted by molar-refractivity contribution is 14.0. The van der Waals surface area contributed by atoms with Crippen LogP contribution in [-0.4, -0.2) is 63.8 Å². The molecule has 2 rings (SSSR count). The molecular formula is C18H29IN4O3. The molecule has 0 aliphatic carbocycles. The van der Waals surface area contributed by atoms with Crippen molar-refractivity contribution in [2.75, 3.05) is 47.0 Å². The number of carbonyl (C=O) groups excluding carboxylic acids is 1. The summed E-state index contributed by atoms with van der Waals surface area (Å²) in [7, 11) is 3.85. The minimum atomic E-state index is -0.479. The third-order valence-electron chi connectivity index (χ3n) is 4.13. The Morgan fingerprint density at radius 3 is 2.73 bits per heavy atom. The van der Waals surface area contributed by atoms with Gasteiger partial charge < -0.3 is 25.4 Å². The third-order valence-corrected chi connectivity index (χ3v) is 4.13. The van der Waals surface area contributed by atoms with Crippen LogP contribution in [0.4, 0.5) is 0 Å². The molecule has 1 amide bonds. The van der Waals surface area contributed by atoms with Crippen molar-refractivity contribution in [1.29, 1.82) is 0 Å². The van der Waals surface area contributed by atoms with E-state index >= 15 is 0 Å². The van der Waals surface area contributed by atoms with Crippen LogP contribution in [0.5, 0.6) is 5.75 Å². The zero-order valence-electron chi connectivity index (χ0n) is 15.4. The Bertz CT molecular complexity index is 574. The Hall–Kier alpha value is -1.55. The lowest BCUT2D eigenvalue weighted by molar-refractivity contribution is -0.119. The van der Waals surface area contributed by atoms with Crippen molar-refractivity contribution in [3.05, 3.63) is 29.8 Å². The number of carbonyl (C=O) groups is 1. The number of nitrogens with one attached hydrogen (secondary N) is 1. The van der Waals surface area contributed by atoms with Gasteiger partial charge in [-0.05, 0) is 30.5 Å². The molecule has 0 aromatic heterocycles. The van der Waals surface area contributed by atoms with E-state index in [0.29, 0.717) is 11.7 Å². The zero-order valence-corrected chi connectivity index (χ0v) is 17.8. The van der Waals surface area contributed by atoms with E-state index in [1.165, 1.54) is 5.56 Å². The second-order valence-electron chi connectivity index (χ2n) is 6.23. The van der Waals surface area contributed by atoms with E-state index in [4.69, 9.17) is 15.2 Å². The van der Waals surface area contributed by atoms with Crippen molar-refractivity contribution in [3.63, 3.8) is 0 Å². The maximum Gasteiger partial charge on any atom is 0.255 e. The maximum absolute atomic E-state index is 10.7. The number of hydrogen-bond donors (Lipinski definition) is 2. The van der Waals surface area contributed by atoms with Crippen LogP contribution in [0.1, 0.15) is 12.0 Å². The molecule has 146 valence electrons. The Kier molecular flexibility index (Phi) is 10.3. The molecule has 0 spiro atoms. The Labute approximate surface area is 172 Å². The predicted octanol–water partition coefficient (Wildman–Crippen LogP) is 1.25. The van der Waals surface area contributed by atoms with Crippen LogP contribution in [0.3, 0.4) is 0 Å². The summed E-state index contributed by atoms with van der Waals surface area (Å²) in [6, 6.07) is 7.67. The van der Waals surface area contributed by atoms with Crippen molar-refractivity contribution in [2.45, 2.75) is 12.8 Å². The first kappa shape index (κ1) is 22.5. The molecule has 26 heavy (non-hydrogen) atoms. The third kappa shape index (κ3) is 7.77. The van der Waals surface area contributed by atoms with Gasteiger partial charge in [0.05, 0.1) is 6.61 Å². The topological polar surface area (TPSA) is 89.2 Å². The van der Waals surface area contributed by atoms with E-state index in [2.05, 4.69) is 22.3 Å². The summed E-state index contributed by atoms with van der Waals surface area (Å²) in [5, 5.41) is 3.39. The largest absolute Gasteiger partial charge is 0.484 e. The second kappa shape index (κ2) is 11.9. The van der Waals surface area contributed by atoms with Crippen LogP contribution >= 0.6 is 24.0 Å². The average molecular weight is 476 g/mol. The summed E-state index contributed by atoms with van der Waals surface area (Å²) in [5.74, 6) is 1.64. The van der Waals surface area contributed by atoms with Gasteiger partial charge in [-0.1, -0.05) is 12.1 Å². The van der Waals surface area contributed by atoms with Gasteiger partial charge in [0.1, 0.15) is 5.75 Å². The second-order valence-corrected chi connectivity index (χ2v) is 6.23. The standard InChI is InChI=1S/C18H28N4O3.HI/c1-20-18(22(2)11-15-8-10-24-12-15)21-9-7-14-3-5-16(6-4-14)25-13-17(19)23;/h3-6,15H,7-13H2,1-2H3,(H2,19,23)(H,20,21);1H. The molecule has 1 saturated heterocycles. The summed E-state index contributed by atoms with van der Waals surface area (Å²) in [4.78, 5) is 17.2. The number of halogens is 1. The van der Waals surface area contributed by atoms with Gasteiger partial charge >= 0.3 is 0 Å². The molecule has 7 nitrogen and oxygen atoms in total. The lowest BCUT2D eigenvalue weighted by Crippen LogP contribution is -2.42. The van der Waals surface area contributed by atoms with Crippen LogP contribution < -0.4 is 15.8 Å². The quantitative estimate of drug-likeness (QED) is 0.335. The Balaban J connectivity index is 0.00000338. The zero-order chi connectivity index (χ0) is 18.1. The number of benzene rings is 1. The first-order chi connectivity index (χ1) is 12.1. The van der Waals surface area contributed by atoms with Crippen molar-refractivity contribution in [2.24, 2.45) is 16.6 Å². The molecule has 1 aromatic rings. The minimum absolute atomic E-state index is 0. The van der Waals surface area contributed by atoms with Crippen LogP contribution in [0.25, 0.3) is 0 Å². The molecule has 1 heterocycles. The molecular weight excluding hydrogens is 447 g/mol. The number of aliphatic imine (C=N–C) groups is 1. The molecule has 0 saturated carbocycles. The normalized spacial score (nSPS) is 16.7. The van der Waals surface area contributed by atoms with Gasteiger partial charge in [-0.3, -0.25) is 9.79 Å². The number of amides is 1. The monoisotopic (exact) mass is 476 g/mol. The van der Waals surface area contributed by atoms with Gasteiger partial charge in [0.2, 0.25) is 0 Å². The fraction of sp³-hybridized carbons (Fsp3) is 0.556. The molecule has 1 atom stereocenters. The number of primary amides is 1. The molecule has 1 aliphatic heterocycles. The molecule has 8 heteroatoms. The minimum Gasteiger partial charge on any atom is -0.484 e. The van der Waals surface area contributed by atoms with Crippen LogP contribution in [-0.2, 0) is 16.0 Å². The highest BCUT2D eigenvalue weighted by Gasteiger charge is 2.18. The molecule has 1 aliphatic rings. The summed E-state index contributed by atoms with van der Waals surface area (Å²) in [6.45, 7) is 3.34. The van der Waals surface area contributed by atoms with Gasteiger partial charge in [0.15, 0.2) is 12.6 Å². The lowest BCUT2D eigenvalue weighted by atomic mass is 10.1. The summed E-state index contributed by atoms with van der Waals surface area (Å²) in [6.07, 6.45) is 1.99. The number of nitrogens with zero attached hydrogens (tertiary/aromatic N) is 2. The lowest BCUT2D eigenvalue weighted by Gasteiger charge is -2.24. The summed E-state index contributed by atoms with van der Waals surface area (Å²) >= 11 is 0. The van der Waals surface area contributed by atoms with Gasteiger partial charge in [0, 0.05) is 39.7 Å². The average Bonchev–Trinajstić information content (AvgIpc) is 3.10. The van der Waals surface area contributed by atoms with Crippen molar-refractivity contribution in [3.8, 4) is 5.75 Å². The molecule has 0 bridgehead atoms. The highest BCUT2D eigenvalue weighted by Crippen LogP contribution is 2.14. The smallest absolute Gasteiger partial charge is 0.255 e. The highest BCUT2D eigenvalue weighted by atomic mass is 127. The number of rotatable bonds is 8. The van der Waals surface area contributed by atoms with Crippen molar-refractivity contribution >= 4 is 35.8 Å². The Morgan fingerprint density at radius 2 is 2.15 bits per heavy atom. The molecule has 3 N–H and O–H groups in total. The van der Waals surface area contributed by atoms with Crippen LogP contribution in [0, 0.1) is 5.92 Å². The summed E-state index contributed by atoms with van der Waals surface area (Å²) < 4.78 is 10.7. The van der Waals surface area contributed by atoms with Gasteiger partial charge in [0.25, 0.3) is 5.91 Å². The number of ether oxygens (including phenoxy) is 2. The fourth-order valence-corrected chi connectivity index (χ4v) is 2.81. The van der Waals surface area contributed by atoms with Crippen LogP contribution in [0.2, 0.25) is 0 Å².